The lowest BCUT2D eigenvalue weighted by Crippen LogP contribution is -2.26. The van der Waals surface area contributed by atoms with Gasteiger partial charge < -0.3 is 14.6 Å². The van der Waals surface area contributed by atoms with Crippen molar-refractivity contribution in [2.24, 2.45) is 0 Å². The zero-order valence-electron chi connectivity index (χ0n) is 15.8. The Kier molecular flexibility index (Phi) is 8.86. The number of aliphatic carboxylic acids is 1. The third-order valence-electron chi connectivity index (χ3n) is 3.94. The summed E-state index contributed by atoms with van der Waals surface area (Å²) in [6.45, 7) is 2.31. The van der Waals surface area contributed by atoms with Crippen molar-refractivity contribution in [2.45, 2.75) is 31.5 Å². The molecule has 0 aliphatic heterocycles. The lowest BCUT2D eigenvalue weighted by atomic mass is 9.97. The van der Waals surface area contributed by atoms with Gasteiger partial charge in [0.2, 0.25) is 0 Å². The number of ether oxygens (including phenoxy) is 2. The Bertz CT molecular complexity index is 883. The molecule has 0 radical (unpaired) electrons. The molecule has 0 bridgehead atoms. The van der Waals surface area contributed by atoms with Crippen LogP contribution in [-0.2, 0) is 16.0 Å². The molecule has 7 heteroatoms. The van der Waals surface area contributed by atoms with Gasteiger partial charge >= 0.3 is 5.97 Å². The maximum absolute atomic E-state index is 14.2. The van der Waals surface area contributed by atoms with Crippen molar-refractivity contribution in [1.29, 1.82) is 0 Å². The highest BCUT2D eigenvalue weighted by atomic mass is 127. The van der Waals surface area contributed by atoms with E-state index in [1.54, 1.807) is 25.1 Å². The molecule has 0 saturated heterocycles. The summed E-state index contributed by atoms with van der Waals surface area (Å²) >= 11 is 2.11. The second-order valence-corrected chi connectivity index (χ2v) is 7.41. The third-order valence-corrected chi connectivity index (χ3v) is 4.78. The topological polar surface area (TPSA) is 55.8 Å². The van der Waals surface area contributed by atoms with Crippen LogP contribution in [0.4, 0.5) is 8.78 Å². The quantitative estimate of drug-likeness (QED) is 0.401. The SMILES string of the molecule is CCO[C@@H](Cc1ccc(OCC=CC#CC2(F)C=CC=C(F)C2)c(I)c1)C(=O)O. The summed E-state index contributed by atoms with van der Waals surface area (Å²) in [6, 6.07) is 5.40. The summed E-state index contributed by atoms with van der Waals surface area (Å²) in [7, 11) is 0. The summed E-state index contributed by atoms with van der Waals surface area (Å²) in [6.07, 6.45) is 5.87. The van der Waals surface area contributed by atoms with Gasteiger partial charge in [-0.2, -0.15) is 0 Å². The van der Waals surface area contributed by atoms with Crippen molar-refractivity contribution in [3.05, 3.63) is 63.5 Å². The number of alkyl halides is 1. The van der Waals surface area contributed by atoms with Gasteiger partial charge in [-0.15, -0.1) is 0 Å². The van der Waals surface area contributed by atoms with Crippen LogP contribution in [0.25, 0.3) is 0 Å². The second kappa shape index (κ2) is 11.1. The Morgan fingerprint density at radius 3 is 2.93 bits per heavy atom. The van der Waals surface area contributed by atoms with E-state index >= 15 is 0 Å². The molecule has 0 fully saturated rings. The largest absolute Gasteiger partial charge is 0.488 e. The van der Waals surface area contributed by atoms with Gasteiger partial charge in [0.15, 0.2) is 11.8 Å². The third kappa shape index (κ3) is 7.63. The number of hydrogen-bond donors (Lipinski definition) is 1. The number of allylic oxidation sites excluding steroid dienone is 5. The fourth-order valence-electron chi connectivity index (χ4n) is 2.58. The van der Waals surface area contributed by atoms with Crippen LogP contribution in [0.5, 0.6) is 5.75 Å². The molecule has 0 amide bonds. The molecular weight excluding hydrogens is 493 g/mol. The number of halogens is 3. The number of carbonyl (C=O) groups is 1. The zero-order valence-corrected chi connectivity index (χ0v) is 18.0. The monoisotopic (exact) mass is 514 g/mol. The molecule has 2 rings (SSSR count). The average Bonchev–Trinajstić information content (AvgIpc) is 2.65. The van der Waals surface area contributed by atoms with Crippen LogP contribution in [0.1, 0.15) is 18.9 Å². The van der Waals surface area contributed by atoms with Crippen LogP contribution in [0.2, 0.25) is 0 Å². The van der Waals surface area contributed by atoms with E-state index in [-0.39, 0.29) is 19.4 Å². The Hall–Kier alpha value is -2.18. The minimum atomic E-state index is -1.98. The van der Waals surface area contributed by atoms with Gasteiger partial charge in [0.1, 0.15) is 18.2 Å². The minimum Gasteiger partial charge on any atom is -0.488 e. The van der Waals surface area contributed by atoms with Crippen molar-refractivity contribution in [2.75, 3.05) is 13.2 Å². The van der Waals surface area contributed by atoms with E-state index in [1.165, 1.54) is 24.3 Å². The first-order chi connectivity index (χ1) is 13.8. The van der Waals surface area contributed by atoms with E-state index in [0.717, 1.165) is 9.13 Å². The molecule has 2 atom stereocenters. The lowest BCUT2D eigenvalue weighted by molar-refractivity contribution is -0.149. The standard InChI is InChI=1S/C22H21F2IO4/c1-2-28-20(21(26)27)14-16-8-9-19(18(25)13-16)29-12-5-3-4-10-22(24)11-6-7-17(23)15-22/h3,5-9,11,13,20H,2,12,14-15H2,1H3,(H,26,27)/t20-,22?/m0/s1. The van der Waals surface area contributed by atoms with Crippen LogP contribution < -0.4 is 4.74 Å². The average molecular weight is 514 g/mol. The summed E-state index contributed by atoms with van der Waals surface area (Å²) in [5.41, 5.74) is -1.15. The van der Waals surface area contributed by atoms with Gasteiger partial charge in [-0.3, -0.25) is 0 Å². The van der Waals surface area contributed by atoms with Crippen LogP contribution in [0.3, 0.4) is 0 Å². The molecule has 29 heavy (non-hydrogen) atoms. The van der Waals surface area contributed by atoms with E-state index in [9.17, 15) is 18.7 Å². The molecule has 0 spiro atoms. The Balaban J connectivity index is 1.88. The van der Waals surface area contributed by atoms with E-state index in [2.05, 4.69) is 34.4 Å². The molecule has 4 nitrogen and oxygen atoms in total. The first-order valence-corrected chi connectivity index (χ1v) is 10.1. The van der Waals surface area contributed by atoms with E-state index in [4.69, 9.17) is 9.47 Å². The molecular formula is C22H21F2IO4. The highest BCUT2D eigenvalue weighted by molar-refractivity contribution is 14.1. The summed E-state index contributed by atoms with van der Waals surface area (Å²) < 4.78 is 39.1. The molecule has 1 aliphatic rings. The first kappa shape index (κ1) is 23.1. The van der Waals surface area contributed by atoms with Gasteiger partial charge in [-0.1, -0.05) is 24.0 Å². The van der Waals surface area contributed by atoms with Crippen molar-refractivity contribution in [3.8, 4) is 17.6 Å². The molecule has 0 aromatic heterocycles. The number of rotatable bonds is 8. The van der Waals surface area contributed by atoms with E-state index in [0.29, 0.717) is 12.4 Å². The van der Waals surface area contributed by atoms with Crippen molar-refractivity contribution in [3.63, 3.8) is 0 Å². The summed E-state index contributed by atoms with van der Waals surface area (Å²) in [5, 5.41) is 9.17. The van der Waals surface area contributed by atoms with Crippen LogP contribution in [-0.4, -0.2) is 36.1 Å². The smallest absolute Gasteiger partial charge is 0.333 e. The van der Waals surface area contributed by atoms with Crippen LogP contribution in [0, 0.1) is 15.4 Å². The van der Waals surface area contributed by atoms with Gasteiger partial charge in [-0.25, -0.2) is 13.6 Å². The summed E-state index contributed by atoms with van der Waals surface area (Å²) in [4.78, 5) is 11.2. The number of benzene rings is 1. The highest BCUT2D eigenvalue weighted by Gasteiger charge is 2.27. The first-order valence-electron chi connectivity index (χ1n) is 8.99. The predicted octanol–water partition coefficient (Wildman–Crippen LogP) is 4.78. The van der Waals surface area contributed by atoms with Crippen molar-refractivity contribution < 1.29 is 28.2 Å². The van der Waals surface area contributed by atoms with Crippen LogP contribution in [0.15, 0.2) is 54.4 Å². The maximum Gasteiger partial charge on any atom is 0.333 e. The molecule has 1 aliphatic carbocycles. The summed E-state index contributed by atoms with van der Waals surface area (Å²) in [5.74, 6) is 4.07. The maximum atomic E-state index is 14.2. The molecule has 1 unspecified atom stereocenters. The fourth-order valence-corrected chi connectivity index (χ4v) is 3.32. The normalized spacial score (nSPS) is 19.4. The van der Waals surface area contributed by atoms with Crippen molar-refractivity contribution in [1.82, 2.24) is 0 Å². The van der Waals surface area contributed by atoms with Crippen molar-refractivity contribution >= 4 is 28.6 Å². The lowest BCUT2D eigenvalue weighted by Gasteiger charge is -2.15. The second-order valence-electron chi connectivity index (χ2n) is 6.25. The predicted molar refractivity (Wildman–Crippen MR) is 115 cm³/mol. The Morgan fingerprint density at radius 2 is 2.28 bits per heavy atom. The number of hydrogen-bond acceptors (Lipinski definition) is 3. The molecule has 0 saturated carbocycles. The Morgan fingerprint density at radius 1 is 1.48 bits per heavy atom. The number of carboxylic acid groups (broad SMARTS) is 1. The molecule has 1 N–H and O–H groups in total. The number of carboxylic acids is 1. The van der Waals surface area contributed by atoms with Crippen LogP contribution >= 0.6 is 22.6 Å². The fraction of sp³-hybridized carbons (Fsp3) is 0.318. The molecule has 1 aromatic rings. The molecule has 0 heterocycles. The van der Waals surface area contributed by atoms with E-state index in [1.807, 2.05) is 6.07 Å². The molecule has 154 valence electrons. The minimum absolute atomic E-state index is 0.226. The molecule has 1 aromatic carbocycles. The zero-order chi connectivity index (χ0) is 21.3. The van der Waals surface area contributed by atoms with E-state index < -0.39 is 23.6 Å². The van der Waals surface area contributed by atoms with Gasteiger partial charge in [0.05, 0.1) is 3.57 Å². The van der Waals surface area contributed by atoms with Gasteiger partial charge in [-0.05, 0) is 71.5 Å². The van der Waals surface area contributed by atoms with Gasteiger partial charge in [0.25, 0.3) is 0 Å². The van der Waals surface area contributed by atoms with Gasteiger partial charge in [0, 0.05) is 19.4 Å². The Labute approximate surface area is 182 Å². The highest BCUT2D eigenvalue weighted by Crippen LogP contribution is 2.27.